The number of imidazole rings is 1. The molecule has 0 radical (unpaired) electrons. The van der Waals surface area contributed by atoms with Gasteiger partial charge in [0.2, 0.25) is 0 Å². The lowest BCUT2D eigenvalue weighted by atomic mass is 9.77. The number of likely N-dealkylation sites (tertiary alicyclic amines) is 1. The summed E-state index contributed by atoms with van der Waals surface area (Å²) in [4.78, 5) is 19.4. The highest BCUT2D eigenvalue weighted by Crippen LogP contribution is 2.36. The molecule has 0 bridgehead atoms. The molecule has 7 nitrogen and oxygen atoms in total. The molecule has 4 atom stereocenters. The molecule has 1 amide bonds. The lowest BCUT2D eigenvalue weighted by Gasteiger charge is -2.35. The number of nitrogens with zero attached hydrogens (tertiary/aromatic N) is 3. The molecule has 0 unspecified atom stereocenters. The van der Waals surface area contributed by atoms with Crippen LogP contribution in [0, 0.1) is 18.8 Å². The maximum absolute atomic E-state index is 12.4. The topological polar surface area (TPSA) is 83.5 Å². The highest BCUT2D eigenvalue weighted by molar-refractivity contribution is 5.91. The highest BCUT2D eigenvalue weighted by Gasteiger charge is 2.42. The summed E-state index contributed by atoms with van der Waals surface area (Å²) in [6, 6.07) is 11.4. The van der Waals surface area contributed by atoms with Gasteiger partial charge in [-0.1, -0.05) is 12.1 Å². The number of hydrogen-bond donors (Lipinski definition) is 2. The van der Waals surface area contributed by atoms with Gasteiger partial charge in [0.15, 0.2) is 5.76 Å². The van der Waals surface area contributed by atoms with Gasteiger partial charge in [-0.25, -0.2) is 4.98 Å². The molecule has 3 aromatic rings. The van der Waals surface area contributed by atoms with Crippen LogP contribution in [0.1, 0.15) is 29.2 Å². The van der Waals surface area contributed by atoms with E-state index in [2.05, 4.69) is 25.8 Å². The Labute approximate surface area is 175 Å². The number of carbonyl (C=O) groups is 1. The summed E-state index contributed by atoms with van der Waals surface area (Å²) in [6.45, 7) is 5.70. The first kappa shape index (κ1) is 19.3. The van der Waals surface area contributed by atoms with Crippen LogP contribution in [0.5, 0.6) is 0 Å². The molecule has 158 valence electrons. The second-order valence-electron chi connectivity index (χ2n) is 8.74. The van der Waals surface area contributed by atoms with Gasteiger partial charge in [-0.05, 0) is 55.9 Å². The third-order valence-electron chi connectivity index (χ3n) is 6.68. The molecule has 1 aromatic carbocycles. The lowest BCUT2D eigenvalue weighted by Crippen LogP contribution is -2.49. The third-order valence-corrected chi connectivity index (χ3v) is 6.68. The number of aliphatic hydroxyl groups is 1. The van der Waals surface area contributed by atoms with E-state index in [-0.39, 0.29) is 11.9 Å². The van der Waals surface area contributed by atoms with E-state index in [1.165, 1.54) is 5.52 Å². The molecule has 2 aromatic heterocycles. The number of hydrogen-bond acceptors (Lipinski definition) is 5. The predicted molar refractivity (Wildman–Crippen MR) is 113 cm³/mol. The van der Waals surface area contributed by atoms with Crippen molar-refractivity contribution in [2.75, 3.05) is 19.6 Å². The van der Waals surface area contributed by atoms with Crippen molar-refractivity contribution in [1.29, 1.82) is 0 Å². The average molecular weight is 409 g/mol. The molecular weight excluding hydrogens is 380 g/mol. The van der Waals surface area contributed by atoms with Gasteiger partial charge in [-0.3, -0.25) is 4.79 Å². The number of fused-ring (bicyclic) bond motifs is 2. The summed E-state index contributed by atoms with van der Waals surface area (Å²) < 4.78 is 7.62. The second kappa shape index (κ2) is 7.89. The number of rotatable bonds is 5. The molecular formula is C23H28N4O3. The number of nitrogens with one attached hydrogen (secondary N) is 1. The Morgan fingerprint density at radius 2 is 1.97 bits per heavy atom. The monoisotopic (exact) mass is 408 g/mol. The van der Waals surface area contributed by atoms with Gasteiger partial charge in [0.1, 0.15) is 5.76 Å². The molecule has 1 aliphatic carbocycles. The van der Waals surface area contributed by atoms with Crippen LogP contribution in [0.2, 0.25) is 0 Å². The van der Waals surface area contributed by atoms with Gasteiger partial charge in [0.25, 0.3) is 5.91 Å². The van der Waals surface area contributed by atoms with Crippen molar-refractivity contribution in [3.05, 3.63) is 54.2 Å². The predicted octanol–water partition coefficient (Wildman–Crippen LogP) is 2.44. The molecule has 1 saturated heterocycles. The number of para-hydroxylation sites is 2. The SMILES string of the molecule is Cc1ccc(C(=O)N[C@H]2C[C@H]3CN(CCn4cnc5ccccc54)C[C@H]3C[C@@H]2O)o1. The number of furan rings is 1. The smallest absolute Gasteiger partial charge is 0.287 e. The standard InChI is InChI=1S/C23H28N4O3/c1-15-6-7-22(30-15)23(29)25-19-10-16-12-26(13-17(16)11-21(19)28)8-9-27-14-24-18-4-2-3-5-20(18)27/h2-7,14,16-17,19,21,28H,8-13H2,1H3,(H,25,29)/t16-,17+,19-,21-/m0/s1. The number of benzene rings is 1. The summed E-state index contributed by atoms with van der Waals surface area (Å²) in [5.41, 5.74) is 2.20. The Morgan fingerprint density at radius 3 is 2.77 bits per heavy atom. The number of amides is 1. The molecule has 0 spiro atoms. The number of aliphatic hydroxyl groups excluding tert-OH is 1. The summed E-state index contributed by atoms with van der Waals surface area (Å²) in [5, 5.41) is 13.6. The van der Waals surface area contributed by atoms with E-state index in [4.69, 9.17) is 4.42 Å². The first-order valence-corrected chi connectivity index (χ1v) is 10.7. The largest absolute Gasteiger partial charge is 0.456 e. The molecule has 30 heavy (non-hydrogen) atoms. The Morgan fingerprint density at radius 1 is 1.17 bits per heavy atom. The fraction of sp³-hybridized carbons (Fsp3) is 0.478. The minimum atomic E-state index is -0.510. The number of aromatic nitrogens is 2. The van der Waals surface area contributed by atoms with Crippen molar-refractivity contribution in [1.82, 2.24) is 19.8 Å². The first-order chi connectivity index (χ1) is 14.6. The zero-order valence-electron chi connectivity index (χ0n) is 17.2. The van der Waals surface area contributed by atoms with E-state index >= 15 is 0 Å². The van der Waals surface area contributed by atoms with Crippen LogP contribution >= 0.6 is 0 Å². The van der Waals surface area contributed by atoms with Gasteiger partial charge in [-0.2, -0.15) is 0 Å². The zero-order chi connectivity index (χ0) is 20.7. The van der Waals surface area contributed by atoms with Gasteiger partial charge < -0.3 is 24.3 Å². The van der Waals surface area contributed by atoms with Crippen molar-refractivity contribution in [3.63, 3.8) is 0 Å². The molecule has 1 saturated carbocycles. The van der Waals surface area contributed by atoms with E-state index in [0.717, 1.165) is 44.5 Å². The normalized spacial score (nSPS) is 26.7. The van der Waals surface area contributed by atoms with Gasteiger partial charge in [-0.15, -0.1) is 0 Å². The van der Waals surface area contributed by atoms with Crippen molar-refractivity contribution in [3.8, 4) is 0 Å². The number of carbonyl (C=O) groups excluding carboxylic acids is 1. The molecule has 2 fully saturated rings. The maximum atomic E-state index is 12.4. The van der Waals surface area contributed by atoms with Crippen LogP contribution in [0.25, 0.3) is 11.0 Å². The second-order valence-corrected chi connectivity index (χ2v) is 8.74. The number of aryl methyl sites for hydroxylation is 1. The first-order valence-electron chi connectivity index (χ1n) is 10.7. The van der Waals surface area contributed by atoms with Gasteiger partial charge >= 0.3 is 0 Å². The van der Waals surface area contributed by atoms with E-state index in [1.807, 2.05) is 31.5 Å². The highest BCUT2D eigenvalue weighted by atomic mass is 16.3. The minimum Gasteiger partial charge on any atom is -0.456 e. The zero-order valence-corrected chi connectivity index (χ0v) is 17.2. The molecule has 2 N–H and O–H groups in total. The van der Waals surface area contributed by atoms with E-state index in [1.54, 1.807) is 12.1 Å². The van der Waals surface area contributed by atoms with Gasteiger partial charge in [0, 0.05) is 26.2 Å². The summed E-state index contributed by atoms with van der Waals surface area (Å²) >= 11 is 0. The van der Waals surface area contributed by atoms with Crippen LogP contribution in [0.4, 0.5) is 0 Å². The van der Waals surface area contributed by atoms with Crippen molar-refractivity contribution in [2.24, 2.45) is 11.8 Å². The molecule has 7 heteroatoms. The van der Waals surface area contributed by atoms with Crippen LogP contribution in [-0.2, 0) is 6.54 Å². The maximum Gasteiger partial charge on any atom is 0.287 e. The van der Waals surface area contributed by atoms with E-state index < -0.39 is 6.10 Å². The average Bonchev–Trinajstić information content (AvgIpc) is 3.44. The summed E-state index contributed by atoms with van der Waals surface area (Å²) in [6.07, 6.45) is 2.95. The fourth-order valence-electron chi connectivity index (χ4n) is 5.10. The molecule has 1 aliphatic heterocycles. The Bertz CT molecular complexity index is 1040. The quantitative estimate of drug-likeness (QED) is 0.678. The van der Waals surface area contributed by atoms with E-state index in [9.17, 15) is 9.90 Å². The molecule has 3 heterocycles. The van der Waals surface area contributed by atoms with Crippen LogP contribution in [-0.4, -0.2) is 57.2 Å². The van der Waals surface area contributed by atoms with Crippen LogP contribution in [0.3, 0.4) is 0 Å². The Balaban J connectivity index is 1.18. The fourth-order valence-corrected chi connectivity index (χ4v) is 5.10. The van der Waals surface area contributed by atoms with Gasteiger partial charge in [0.05, 0.1) is 29.5 Å². The summed E-state index contributed by atoms with van der Waals surface area (Å²) in [7, 11) is 0. The van der Waals surface area contributed by atoms with Crippen molar-refractivity contribution in [2.45, 2.75) is 38.5 Å². The minimum absolute atomic E-state index is 0.221. The summed E-state index contributed by atoms with van der Waals surface area (Å²) in [5.74, 6) is 1.76. The van der Waals surface area contributed by atoms with Crippen molar-refractivity contribution < 1.29 is 14.3 Å². The Hall–Kier alpha value is -2.64. The Kier molecular flexibility index (Phi) is 5.08. The van der Waals surface area contributed by atoms with Crippen molar-refractivity contribution >= 4 is 16.9 Å². The third kappa shape index (κ3) is 3.75. The lowest BCUT2D eigenvalue weighted by molar-refractivity contribution is 0.0452. The molecule has 5 rings (SSSR count). The molecule has 2 aliphatic rings. The van der Waals surface area contributed by atoms with Crippen LogP contribution < -0.4 is 5.32 Å². The van der Waals surface area contributed by atoms with E-state index in [0.29, 0.717) is 23.4 Å². The van der Waals surface area contributed by atoms with Crippen LogP contribution in [0.15, 0.2) is 47.1 Å².